The summed E-state index contributed by atoms with van der Waals surface area (Å²) in [4.78, 5) is 25.7. The molecule has 6 radical (unpaired) electrons. The van der Waals surface area contributed by atoms with E-state index in [0.717, 1.165) is 0 Å². The van der Waals surface area contributed by atoms with Gasteiger partial charge in [-0.15, -0.1) is 0 Å². The van der Waals surface area contributed by atoms with Gasteiger partial charge in [-0.1, -0.05) is 29.4 Å². The Morgan fingerprint density at radius 2 is 1.76 bits per heavy atom. The lowest BCUT2D eigenvalue weighted by molar-refractivity contribution is -0.186. The Kier molecular flexibility index (Phi) is 6.42. The molecule has 1 aromatic rings. The fraction of sp³-hybridized carbons (Fsp3) is 0.619. The fourth-order valence-electron chi connectivity index (χ4n) is 6.16. The molecular weight excluding hydrogens is 467 g/mol. The number of carbonyl (C=O) groups is 2. The Labute approximate surface area is 200 Å². The number of hydrogen-bond acceptors (Lipinski definition) is 6. The zero-order chi connectivity index (χ0) is 25.1. The molecule has 4 bridgehead atoms. The monoisotopic (exact) mass is 488 g/mol. The lowest BCUT2D eigenvalue weighted by Crippen LogP contribution is -2.58. The van der Waals surface area contributed by atoms with Gasteiger partial charge in [-0.05, 0) is 55.4 Å². The zero-order valence-electron chi connectivity index (χ0n) is 18.2. The van der Waals surface area contributed by atoms with E-state index in [1.807, 2.05) is 0 Å². The number of hydrogen-bond donors (Lipinski definition) is 1. The van der Waals surface area contributed by atoms with Crippen molar-refractivity contribution in [1.29, 1.82) is 0 Å². The van der Waals surface area contributed by atoms with Gasteiger partial charge in [0.05, 0.1) is 19.3 Å². The van der Waals surface area contributed by atoms with Crippen LogP contribution in [0.5, 0.6) is 0 Å². The van der Waals surface area contributed by atoms with Crippen LogP contribution in [0.15, 0.2) is 12.1 Å². The van der Waals surface area contributed by atoms with Crippen LogP contribution in [0.4, 0.5) is 8.78 Å². The molecule has 0 saturated heterocycles. The first-order valence-corrected chi connectivity index (χ1v) is 12.3. The van der Waals surface area contributed by atoms with E-state index in [1.165, 1.54) is 12.1 Å². The summed E-state index contributed by atoms with van der Waals surface area (Å²) in [5, 5.41) is -4.59. The first-order chi connectivity index (χ1) is 15.7. The second-order valence-electron chi connectivity index (χ2n) is 9.63. The van der Waals surface area contributed by atoms with E-state index in [-0.39, 0.29) is 40.6 Å². The average molecular weight is 488 g/mol. The van der Waals surface area contributed by atoms with Crippen molar-refractivity contribution in [2.24, 2.45) is 23.7 Å². The average Bonchev–Trinajstić information content (AvgIpc) is 2.69. The number of halogens is 2. The molecule has 4 aliphatic rings. The highest BCUT2D eigenvalue weighted by Gasteiger charge is 2.60. The molecule has 5 rings (SSSR count). The second-order valence-corrected chi connectivity index (χ2v) is 11.2. The van der Waals surface area contributed by atoms with Crippen molar-refractivity contribution in [2.45, 2.75) is 49.3 Å². The van der Waals surface area contributed by atoms with Crippen LogP contribution < -0.4 is 10.9 Å². The molecule has 7 nitrogen and oxygen atoms in total. The molecule has 176 valence electrons. The zero-order valence-corrected chi connectivity index (χ0v) is 19.0. The van der Waals surface area contributed by atoms with Gasteiger partial charge >= 0.3 is 27.3 Å². The van der Waals surface area contributed by atoms with Gasteiger partial charge in [0.1, 0.15) is 21.3 Å². The van der Waals surface area contributed by atoms with Gasteiger partial charge in [-0.25, -0.2) is 4.79 Å². The fourth-order valence-corrected chi connectivity index (χ4v) is 6.37. The number of esters is 2. The maximum Gasteiger partial charge on any atom is 0.402 e. The predicted molar refractivity (Wildman–Crippen MR) is 119 cm³/mol. The number of alkyl halides is 2. The van der Waals surface area contributed by atoms with Gasteiger partial charge in [0.25, 0.3) is 0 Å². The van der Waals surface area contributed by atoms with E-state index < -0.39 is 45.4 Å². The van der Waals surface area contributed by atoms with Gasteiger partial charge in [-0.3, -0.25) is 9.35 Å². The smallest absolute Gasteiger partial charge is 0.402 e. The standard InChI is InChI=1S/C21H21B3F2O7S/c22-8-15-14(3-13(23)4-16(15)24)18(27)33-20-5-10-1-11(6-20)17(12(2-10)7-20)19(28)32-9-21(25,26)34(29,30)31/h3-4,10-12,17H,1-2,5-9H2,(H,29,30,31). The van der Waals surface area contributed by atoms with E-state index in [4.69, 9.17) is 32.8 Å². The van der Waals surface area contributed by atoms with Crippen molar-refractivity contribution in [2.75, 3.05) is 6.61 Å². The van der Waals surface area contributed by atoms with Crippen LogP contribution in [0.25, 0.3) is 0 Å². The van der Waals surface area contributed by atoms with E-state index in [9.17, 15) is 26.8 Å². The van der Waals surface area contributed by atoms with Gasteiger partial charge in [0.15, 0.2) is 6.61 Å². The molecule has 0 heterocycles. The highest BCUT2D eigenvalue weighted by atomic mass is 32.2. The minimum absolute atomic E-state index is 0.0134. The molecule has 0 spiro atoms. The predicted octanol–water partition coefficient (Wildman–Crippen LogP) is 0.318. The summed E-state index contributed by atoms with van der Waals surface area (Å²) in [6.45, 7) is -1.76. The molecule has 1 aromatic carbocycles. The van der Waals surface area contributed by atoms with Crippen LogP contribution in [-0.2, 0) is 30.7 Å². The summed E-state index contributed by atoms with van der Waals surface area (Å²) in [7, 11) is 11.8. The number of carbonyl (C=O) groups excluding carboxylic acids is 2. The molecule has 4 saturated carbocycles. The summed E-state index contributed by atoms with van der Waals surface area (Å²) >= 11 is 0. The molecule has 2 unspecified atom stereocenters. The molecule has 1 N–H and O–H groups in total. The number of benzene rings is 1. The largest absolute Gasteiger partial charge is 0.458 e. The van der Waals surface area contributed by atoms with Crippen molar-refractivity contribution in [3.05, 3.63) is 23.3 Å². The van der Waals surface area contributed by atoms with E-state index in [1.54, 1.807) is 0 Å². The lowest BCUT2D eigenvalue weighted by atomic mass is 9.50. The van der Waals surface area contributed by atoms with Crippen LogP contribution in [0.3, 0.4) is 0 Å². The molecule has 2 atom stereocenters. The van der Waals surface area contributed by atoms with Gasteiger partial charge in [0.2, 0.25) is 0 Å². The van der Waals surface area contributed by atoms with Crippen LogP contribution in [0.2, 0.25) is 0 Å². The van der Waals surface area contributed by atoms with Crippen molar-refractivity contribution in [1.82, 2.24) is 0 Å². The molecule has 34 heavy (non-hydrogen) atoms. The van der Waals surface area contributed by atoms with Crippen LogP contribution in [-0.4, -0.2) is 65.9 Å². The highest BCUT2D eigenvalue weighted by Crippen LogP contribution is 2.60. The SMILES string of the molecule is [B]Cc1c([B])cc([B])cc1C(=O)OC12CC3CC(C1)C(C(=O)OCC(F)(F)S(=O)(=O)O)C(C3)C2. The number of ether oxygens (including phenoxy) is 2. The highest BCUT2D eigenvalue weighted by molar-refractivity contribution is 7.86. The summed E-state index contributed by atoms with van der Waals surface area (Å²) in [5.41, 5.74) is 0.346. The Hall–Kier alpha value is -1.88. The Balaban J connectivity index is 1.49. The van der Waals surface area contributed by atoms with E-state index in [2.05, 4.69) is 4.74 Å². The quantitative estimate of drug-likeness (QED) is 0.335. The molecular formula is C21H21B3F2O7S. The minimum Gasteiger partial charge on any atom is -0.458 e. The Morgan fingerprint density at radius 3 is 2.32 bits per heavy atom. The van der Waals surface area contributed by atoms with Crippen LogP contribution >= 0.6 is 0 Å². The minimum atomic E-state index is -5.71. The van der Waals surface area contributed by atoms with Crippen molar-refractivity contribution >= 4 is 56.5 Å². The lowest BCUT2D eigenvalue weighted by Gasteiger charge is -2.58. The topological polar surface area (TPSA) is 107 Å². The van der Waals surface area contributed by atoms with Crippen molar-refractivity contribution in [3.63, 3.8) is 0 Å². The third-order valence-electron chi connectivity index (χ3n) is 7.29. The van der Waals surface area contributed by atoms with E-state index in [0.29, 0.717) is 37.7 Å². The van der Waals surface area contributed by atoms with Gasteiger partial charge in [0, 0.05) is 0 Å². The first-order valence-electron chi connectivity index (χ1n) is 10.9. The Bertz CT molecular complexity index is 1110. The van der Waals surface area contributed by atoms with Crippen molar-refractivity contribution < 1.29 is 40.8 Å². The molecule has 0 amide bonds. The van der Waals surface area contributed by atoms with Crippen LogP contribution in [0.1, 0.15) is 48.0 Å². The molecule has 0 aliphatic heterocycles. The Morgan fingerprint density at radius 1 is 1.15 bits per heavy atom. The maximum atomic E-state index is 13.5. The second kappa shape index (κ2) is 8.66. The molecule has 4 aliphatic carbocycles. The summed E-state index contributed by atoms with van der Waals surface area (Å²) in [6, 6.07) is 2.96. The third kappa shape index (κ3) is 4.53. The molecule has 13 heteroatoms. The summed E-state index contributed by atoms with van der Waals surface area (Å²) < 4.78 is 67.8. The van der Waals surface area contributed by atoms with Gasteiger partial charge < -0.3 is 9.47 Å². The summed E-state index contributed by atoms with van der Waals surface area (Å²) in [5.74, 6) is -2.63. The van der Waals surface area contributed by atoms with E-state index >= 15 is 0 Å². The first kappa shape index (κ1) is 25.2. The summed E-state index contributed by atoms with van der Waals surface area (Å²) in [6.07, 6.45) is 2.60. The molecule has 4 fully saturated rings. The van der Waals surface area contributed by atoms with Crippen molar-refractivity contribution in [3.8, 4) is 0 Å². The van der Waals surface area contributed by atoms with Gasteiger partial charge in [-0.2, -0.15) is 17.2 Å². The number of rotatable bonds is 7. The van der Waals surface area contributed by atoms with Crippen LogP contribution in [0, 0.1) is 23.7 Å². The molecule has 0 aromatic heterocycles. The normalized spacial score (nSPS) is 30.2. The maximum absolute atomic E-state index is 13.5. The third-order valence-corrected chi connectivity index (χ3v) is 8.16.